The summed E-state index contributed by atoms with van der Waals surface area (Å²) in [5, 5.41) is 12.2. The van der Waals surface area contributed by atoms with Crippen molar-refractivity contribution in [3.8, 4) is 0 Å². The van der Waals surface area contributed by atoms with Crippen LogP contribution in [0.2, 0.25) is 0 Å². The smallest absolute Gasteiger partial charge is 0.335 e. The molecular weight excluding hydrogens is 316 g/mol. The van der Waals surface area contributed by atoms with E-state index in [1.54, 1.807) is 24.3 Å². The van der Waals surface area contributed by atoms with Crippen LogP contribution in [0.5, 0.6) is 0 Å². The van der Waals surface area contributed by atoms with Crippen molar-refractivity contribution in [2.75, 3.05) is 16.8 Å². The van der Waals surface area contributed by atoms with Crippen molar-refractivity contribution in [1.82, 2.24) is 9.97 Å². The number of para-hydroxylation sites is 1. The molecule has 1 aliphatic heterocycles. The Balaban J connectivity index is 1.61. The summed E-state index contributed by atoms with van der Waals surface area (Å²) in [7, 11) is 0. The van der Waals surface area contributed by atoms with E-state index in [1.165, 1.54) is 17.6 Å². The fourth-order valence-electron chi connectivity index (χ4n) is 3.02. The molecule has 1 aromatic heterocycles. The average Bonchev–Trinajstić information content (AvgIpc) is 3.06. The van der Waals surface area contributed by atoms with Crippen molar-refractivity contribution in [2.24, 2.45) is 0 Å². The predicted molar refractivity (Wildman–Crippen MR) is 95.9 cm³/mol. The van der Waals surface area contributed by atoms with Gasteiger partial charge in [0, 0.05) is 24.0 Å². The molecule has 0 bridgehead atoms. The molecule has 2 N–H and O–H groups in total. The maximum absolute atomic E-state index is 11.1. The van der Waals surface area contributed by atoms with Gasteiger partial charge in [0.25, 0.3) is 0 Å². The molecule has 0 atom stereocenters. The van der Waals surface area contributed by atoms with Crippen molar-refractivity contribution < 1.29 is 9.90 Å². The second-order valence-corrected chi connectivity index (χ2v) is 5.80. The molecule has 0 radical (unpaired) electrons. The summed E-state index contributed by atoms with van der Waals surface area (Å²) in [5.74, 6) is 0.481. The number of fused-ring (bicyclic) bond motifs is 1. The first-order chi connectivity index (χ1) is 12.2. The van der Waals surface area contributed by atoms with Gasteiger partial charge in [-0.05, 0) is 36.2 Å². The first-order valence-corrected chi connectivity index (χ1v) is 7.98. The summed E-state index contributed by atoms with van der Waals surface area (Å²) >= 11 is 0. The number of anilines is 4. The number of benzene rings is 2. The van der Waals surface area contributed by atoms with Crippen LogP contribution in [-0.2, 0) is 6.42 Å². The molecule has 6 heteroatoms. The molecule has 2 aromatic carbocycles. The summed E-state index contributed by atoms with van der Waals surface area (Å²) in [5.41, 5.74) is 3.38. The lowest BCUT2D eigenvalue weighted by molar-refractivity contribution is 0.0697. The third-order valence-electron chi connectivity index (χ3n) is 4.20. The maximum atomic E-state index is 11.1. The summed E-state index contributed by atoms with van der Waals surface area (Å²) in [6, 6.07) is 16.8. The Bertz CT molecular complexity index is 942. The summed E-state index contributed by atoms with van der Waals surface area (Å²) < 4.78 is 0. The van der Waals surface area contributed by atoms with Gasteiger partial charge in [0.15, 0.2) is 0 Å². The Hall–Kier alpha value is -3.41. The molecular formula is C19H16N4O2. The molecule has 0 fully saturated rings. The second kappa shape index (κ2) is 6.24. The lowest BCUT2D eigenvalue weighted by Crippen LogP contribution is -2.15. The number of aromatic carboxylic acids is 1. The van der Waals surface area contributed by atoms with E-state index < -0.39 is 5.97 Å². The fourth-order valence-corrected chi connectivity index (χ4v) is 3.02. The Morgan fingerprint density at radius 3 is 2.84 bits per heavy atom. The Kier molecular flexibility index (Phi) is 3.78. The standard InChI is InChI=1S/C19H16N4O2/c24-19(25)14-5-3-6-15(10-14)22-17-11-18(21-12-20-17)23-9-8-13-4-1-2-7-16(13)23/h1-7,10-12H,8-9H2,(H,24,25)(H,20,21,22). The number of nitrogens with one attached hydrogen (secondary N) is 1. The number of aromatic nitrogens is 2. The molecule has 0 unspecified atom stereocenters. The SMILES string of the molecule is O=C(O)c1cccc(Nc2cc(N3CCc4ccccc43)ncn2)c1. The fraction of sp³-hybridized carbons (Fsp3) is 0.105. The lowest BCUT2D eigenvalue weighted by atomic mass is 10.2. The zero-order valence-corrected chi connectivity index (χ0v) is 13.4. The van der Waals surface area contributed by atoms with Crippen LogP contribution in [0.3, 0.4) is 0 Å². The van der Waals surface area contributed by atoms with E-state index in [4.69, 9.17) is 5.11 Å². The van der Waals surface area contributed by atoms with Gasteiger partial charge in [-0.25, -0.2) is 14.8 Å². The molecule has 2 heterocycles. The van der Waals surface area contributed by atoms with Crippen molar-refractivity contribution in [3.63, 3.8) is 0 Å². The number of carboxylic acid groups (broad SMARTS) is 1. The van der Waals surface area contributed by atoms with Gasteiger partial charge in [-0.2, -0.15) is 0 Å². The highest BCUT2D eigenvalue weighted by Gasteiger charge is 2.21. The van der Waals surface area contributed by atoms with Crippen molar-refractivity contribution >= 4 is 29.0 Å². The van der Waals surface area contributed by atoms with Crippen LogP contribution in [0.1, 0.15) is 15.9 Å². The predicted octanol–water partition coefficient (Wildman–Crippen LogP) is 3.61. The van der Waals surface area contributed by atoms with Crippen molar-refractivity contribution in [1.29, 1.82) is 0 Å². The summed E-state index contributed by atoms with van der Waals surface area (Å²) in [6.45, 7) is 0.879. The van der Waals surface area contributed by atoms with Gasteiger partial charge in [0.05, 0.1) is 5.56 Å². The number of hydrogen-bond acceptors (Lipinski definition) is 5. The molecule has 0 saturated heterocycles. The number of nitrogens with zero attached hydrogens (tertiary/aromatic N) is 3. The zero-order chi connectivity index (χ0) is 17.2. The van der Waals surface area contributed by atoms with E-state index in [9.17, 15) is 4.79 Å². The average molecular weight is 332 g/mol. The van der Waals surface area contributed by atoms with Gasteiger partial charge in [-0.1, -0.05) is 24.3 Å². The van der Waals surface area contributed by atoms with Crippen LogP contribution >= 0.6 is 0 Å². The van der Waals surface area contributed by atoms with Crippen LogP contribution in [0.4, 0.5) is 23.0 Å². The number of carboxylic acids is 1. The van der Waals surface area contributed by atoms with E-state index in [0.29, 0.717) is 11.5 Å². The van der Waals surface area contributed by atoms with Crippen molar-refractivity contribution in [3.05, 3.63) is 72.1 Å². The Morgan fingerprint density at radius 2 is 1.96 bits per heavy atom. The van der Waals surface area contributed by atoms with E-state index >= 15 is 0 Å². The third-order valence-corrected chi connectivity index (χ3v) is 4.20. The Morgan fingerprint density at radius 1 is 1.08 bits per heavy atom. The van der Waals surface area contributed by atoms with E-state index in [1.807, 2.05) is 18.2 Å². The van der Waals surface area contributed by atoms with E-state index in [0.717, 1.165) is 18.8 Å². The van der Waals surface area contributed by atoms with Gasteiger partial charge in [-0.15, -0.1) is 0 Å². The minimum atomic E-state index is -0.958. The zero-order valence-electron chi connectivity index (χ0n) is 13.4. The molecule has 3 aromatic rings. The topological polar surface area (TPSA) is 78.4 Å². The third kappa shape index (κ3) is 3.01. The monoisotopic (exact) mass is 332 g/mol. The van der Waals surface area contributed by atoms with Gasteiger partial charge < -0.3 is 15.3 Å². The quantitative estimate of drug-likeness (QED) is 0.760. The molecule has 25 heavy (non-hydrogen) atoms. The lowest BCUT2D eigenvalue weighted by Gasteiger charge is -2.18. The minimum absolute atomic E-state index is 0.229. The first kappa shape index (κ1) is 15.1. The molecule has 124 valence electrons. The molecule has 6 nitrogen and oxygen atoms in total. The highest BCUT2D eigenvalue weighted by atomic mass is 16.4. The molecule has 0 amide bonds. The van der Waals surface area contributed by atoms with Gasteiger partial charge >= 0.3 is 5.97 Å². The number of carbonyl (C=O) groups is 1. The summed E-state index contributed by atoms with van der Waals surface area (Å²) in [6.07, 6.45) is 2.50. The second-order valence-electron chi connectivity index (χ2n) is 5.80. The molecule has 1 aliphatic rings. The van der Waals surface area contributed by atoms with Gasteiger partial charge in [0.2, 0.25) is 0 Å². The van der Waals surface area contributed by atoms with Crippen molar-refractivity contribution in [2.45, 2.75) is 6.42 Å². The molecule has 0 saturated carbocycles. The number of hydrogen-bond donors (Lipinski definition) is 2. The Labute approximate surface area is 144 Å². The number of rotatable bonds is 4. The van der Waals surface area contributed by atoms with E-state index in [2.05, 4.69) is 32.3 Å². The van der Waals surface area contributed by atoms with Crippen LogP contribution in [0, 0.1) is 0 Å². The molecule has 4 rings (SSSR count). The largest absolute Gasteiger partial charge is 0.478 e. The van der Waals surface area contributed by atoms with Crippen LogP contribution in [0.25, 0.3) is 0 Å². The minimum Gasteiger partial charge on any atom is -0.478 e. The molecule has 0 aliphatic carbocycles. The van der Waals surface area contributed by atoms with Crippen LogP contribution in [-0.4, -0.2) is 27.6 Å². The normalized spacial score (nSPS) is 12.7. The van der Waals surface area contributed by atoms with Crippen LogP contribution < -0.4 is 10.2 Å². The highest BCUT2D eigenvalue weighted by Crippen LogP contribution is 2.33. The maximum Gasteiger partial charge on any atom is 0.335 e. The molecule has 0 spiro atoms. The van der Waals surface area contributed by atoms with E-state index in [-0.39, 0.29) is 5.56 Å². The van der Waals surface area contributed by atoms with Gasteiger partial charge in [0.1, 0.15) is 18.0 Å². The highest BCUT2D eigenvalue weighted by molar-refractivity contribution is 5.89. The summed E-state index contributed by atoms with van der Waals surface area (Å²) in [4.78, 5) is 21.9. The first-order valence-electron chi connectivity index (χ1n) is 7.98. The van der Waals surface area contributed by atoms with Gasteiger partial charge in [-0.3, -0.25) is 0 Å². The van der Waals surface area contributed by atoms with Crippen LogP contribution in [0.15, 0.2) is 60.9 Å².